The molecule has 1 saturated heterocycles. The Labute approximate surface area is 118 Å². The highest BCUT2D eigenvalue weighted by molar-refractivity contribution is 5.17. The van der Waals surface area contributed by atoms with Crippen LogP contribution >= 0.6 is 0 Å². The molecule has 2 aliphatic rings. The van der Waals surface area contributed by atoms with E-state index >= 15 is 0 Å². The Morgan fingerprint density at radius 2 is 1.84 bits per heavy atom. The highest BCUT2D eigenvalue weighted by atomic mass is 16.5. The van der Waals surface area contributed by atoms with Crippen molar-refractivity contribution in [3.05, 3.63) is 11.6 Å². The van der Waals surface area contributed by atoms with Crippen LogP contribution in [-0.2, 0) is 4.74 Å². The summed E-state index contributed by atoms with van der Waals surface area (Å²) < 4.78 is 5.46. The minimum atomic E-state index is 0.0365. The van der Waals surface area contributed by atoms with E-state index in [9.17, 15) is 0 Å². The van der Waals surface area contributed by atoms with E-state index in [0.717, 1.165) is 26.3 Å². The second-order valence-electron chi connectivity index (χ2n) is 6.46. The summed E-state index contributed by atoms with van der Waals surface area (Å²) in [6.07, 6.45) is 10.2. The summed E-state index contributed by atoms with van der Waals surface area (Å²) in [7, 11) is 0. The van der Waals surface area contributed by atoms with Crippen LogP contribution < -0.4 is 5.73 Å². The van der Waals surface area contributed by atoms with Crippen LogP contribution in [0.2, 0.25) is 0 Å². The number of rotatable bonds is 3. The van der Waals surface area contributed by atoms with Gasteiger partial charge in [0.1, 0.15) is 0 Å². The van der Waals surface area contributed by atoms with Crippen LogP contribution in [0.3, 0.4) is 0 Å². The third kappa shape index (κ3) is 3.80. The predicted molar refractivity (Wildman–Crippen MR) is 80.2 cm³/mol. The molecule has 3 heteroatoms. The molecule has 2 rings (SSSR count). The Kier molecular flexibility index (Phi) is 5.43. The summed E-state index contributed by atoms with van der Waals surface area (Å²) in [5.74, 6) is 0. The lowest BCUT2D eigenvalue weighted by molar-refractivity contribution is -0.0153. The van der Waals surface area contributed by atoms with Gasteiger partial charge in [0.2, 0.25) is 0 Å². The topological polar surface area (TPSA) is 38.5 Å². The molecule has 0 bridgehead atoms. The molecule has 1 aliphatic carbocycles. The second-order valence-corrected chi connectivity index (χ2v) is 6.46. The van der Waals surface area contributed by atoms with Crippen molar-refractivity contribution in [3.63, 3.8) is 0 Å². The number of morpholine rings is 1. The van der Waals surface area contributed by atoms with Crippen molar-refractivity contribution in [1.82, 2.24) is 4.90 Å². The lowest BCUT2D eigenvalue weighted by Crippen LogP contribution is -2.59. The summed E-state index contributed by atoms with van der Waals surface area (Å²) in [5, 5.41) is 0. The Hall–Kier alpha value is -0.380. The van der Waals surface area contributed by atoms with Crippen molar-refractivity contribution in [2.24, 2.45) is 5.73 Å². The van der Waals surface area contributed by atoms with Gasteiger partial charge in [-0.2, -0.15) is 0 Å². The largest absolute Gasteiger partial charge is 0.379 e. The molecule has 1 unspecified atom stereocenters. The number of hydrogen-bond donors (Lipinski definition) is 1. The van der Waals surface area contributed by atoms with Crippen molar-refractivity contribution in [1.29, 1.82) is 0 Å². The minimum absolute atomic E-state index is 0.0365. The minimum Gasteiger partial charge on any atom is -0.379 e. The second kappa shape index (κ2) is 6.87. The first-order valence-electron chi connectivity index (χ1n) is 7.89. The highest BCUT2D eigenvalue weighted by Crippen LogP contribution is 2.28. The zero-order valence-corrected chi connectivity index (χ0v) is 12.7. The third-order valence-corrected chi connectivity index (χ3v) is 4.81. The van der Waals surface area contributed by atoms with Gasteiger partial charge in [-0.05, 0) is 39.5 Å². The van der Waals surface area contributed by atoms with Crippen LogP contribution in [0.25, 0.3) is 0 Å². The molecule has 110 valence electrons. The van der Waals surface area contributed by atoms with E-state index in [1.165, 1.54) is 44.1 Å². The van der Waals surface area contributed by atoms with Crippen LogP contribution in [0.15, 0.2) is 11.6 Å². The molecular formula is C16H30N2O. The molecule has 1 atom stereocenters. The standard InChI is InChI=1S/C16H30N2O/c1-16(2,18-10-12-19-13-11-18)15(17)14-8-6-4-3-5-7-9-14/h8,15H,3-7,9-13,17H2,1-2H3. The number of ether oxygens (including phenoxy) is 1. The molecule has 0 amide bonds. The van der Waals surface area contributed by atoms with E-state index in [-0.39, 0.29) is 11.6 Å². The quantitative estimate of drug-likeness (QED) is 0.798. The summed E-state index contributed by atoms with van der Waals surface area (Å²) in [4.78, 5) is 2.50. The number of hydrogen-bond acceptors (Lipinski definition) is 3. The van der Waals surface area contributed by atoms with E-state index in [1.54, 1.807) is 0 Å². The summed E-state index contributed by atoms with van der Waals surface area (Å²) in [6, 6.07) is 0.156. The molecule has 3 nitrogen and oxygen atoms in total. The van der Waals surface area contributed by atoms with Gasteiger partial charge in [0, 0.05) is 24.7 Å². The third-order valence-electron chi connectivity index (χ3n) is 4.81. The smallest absolute Gasteiger partial charge is 0.0594 e. The van der Waals surface area contributed by atoms with Crippen molar-refractivity contribution < 1.29 is 4.74 Å². The molecule has 1 aliphatic heterocycles. The average molecular weight is 266 g/mol. The van der Waals surface area contributed by atoms with Crippen molar-refractivity contribution in [3.8, 4) is 0 Å². The maximum atomic E-state index is 6.63. The van der Waals surface area contributed by atoms with E-state index in [1.807, 2.05) is 0 Å². The van der Waals surface area contributed by atoms with E-state index < -0.39 is 0 Å². The van der Waals surface area contributed by atoms with Crippen LogP contribution in [-0.4, -0.2) is 42.8 Å². The monoisotopic (exact) mass is 266 g/mol. The van der Waals surface area contributed by atoms with Gasteiger partial charge in [0.05, 0.1) is 13.2 Å². The molecule has 2 N–H and O–H groups in total. The Morgan fingerprint density at radius 3 is 2.58 bits per heavy atom. The predicted octanol–water partition coefficient (Wildman–Crippen LogP) is 2.71. The van der Waals surface area contributed by atoms with Gasteiger partial charge in [0.25, 0.3) is 0 Å². The van der Waals surface area contributed by atoms with Crippen LogP contribution in [0.1, 0.15) is 52.4 Å². The Morgan fingerprint density at radius 1 is 1.16 bits per heavy atom. The number of allylic oxidation sites excluding steroid dienone is 1. The molecule has 0 aromatic heterocycles. The Bertz CT molecular complexity index is 306. The fraction of sp³-hybridized carbons (Fsp3) is 0.875. The van der Waals surface area contributed by atoms with Crippen LogP contribution in [0, 0.1) is 0 Å². The van der Waals surface area contributed by atoms with Gasteiger partial charge in [0.15, 0.2) is 0 Å². The fourth-order valence-electron chi connectivity index (χ4n) is 3.29. The molecule has 0 radical (unpaired) electrons. The first kappa shape index (κ1) is 15.0. The lowest BCUT2D eigenvalue weighted by Gasteiger charge is -2.45. The van der Waals surface area contributed by atoms with E-state index in [2.05, 4.69) is 24.8 Å². The van der Waals surface area contributed by atoms with Crippen LogP contribution in [0.4, 0.5) is 0 Å². The molecule has 0 aromatic rings. The summed E-state index contributed by atoms with van der Waals surface area (Å²) in [6.45, 7) is 8.29. The molecule has 0 aromatic carbocycles. The molecule has 19 heavy (non-hydrogen) atoms. The average Bonchev–Trinajstić information content (AvgIpc) is 2.39. The van der Waals surface area contributed by atoms with E-state index in [4.69, 9.17) is 10.5 Å². The SMILES string of the molecule is CC(C)(C(N)C1=CCCCCCC1)N1CCOCC1. The molecule has 1 fully saturated rings. The van der Waals surface area contributed by atoms with Gasteiger partial charge in [-0.3, -0.25) is 4.90 Å². The van der Waals surface area contributed by atoms with Crippen molar-refractivity contribution in [2.75, 3.05) is 26.3 Å². The zero-order valence-electron chi connectivity index (χ0n) is 12.7. The fourth-order valence-corrected chi connectivity index (χ4v) is 3.29. The molecule has 1 heterocycles. The molecular weight excluding hydrogens is 236 g/mol. The Balaban J connectivity index is 2.04. The van der Waals surface area contributed by atoms with Gasteiger partial charge < -0.3 is 10.5 Å². The summed E-state index contributed by atoms with van der Waals surface area (Å²) in [5.41, 5.74) is 8.15. The van der Waals surface area contributed by atoms with Gasteiger partial charge in [-0.15, -0.1) is 0 Å². The molecule has 0 saturated carbocycles. The van der Waals surface area contributed by atoms with Gasteiger partial charge in [-0.25, -0.2) is 0 Å². The first-order valence-corrected chi connectivity index (χ1v) is 7.89. The van der Waals surface area contributed by atoms with Crippen LogP contribution in [0.5, 0.6) is 0 Å². The molecule has 0 spiro atoms. The van der Waals surface area contributed by atoms with Gasteiger partial charge >= 0.3 is 0 Å². The van der Waals surface area contributed by atoms with Crippen molar-refractivity contribution in [2.45, 2.75) is 64.0 Å². The maximum absolute atomic E-state index is 6.63. The van der Waals surface area contributed by atoms with E-state index in [0.29, 0.717) is 0 Å². The summed E-state index contributed by atoms with van der Waals surface area (Å²) >= 11 is 0. The first-order chi connectivity index (χ1) is 9.12. The van der Waals surface area contributed by atoms with Gasteiger partial charge in [-0.1, -0.05) is 24.5 Å². The normalized spacial score (nSPS) is 25.3. The number of nitrogens with two attached hydrogens (primary N) is 1. The van der Waals surface area contributed by atoms with Crippen molar-refractivity contribution >= 4 is 0 Å². The number of nitrogens with zero attached hydrogens (tertiary/aromatic N) is 1. The zero-order chi connectivity index (χ0) is 13.7. The highest BCUT2D eigenvalue weighted by Gasteiger charge is 2.35. The lowest BCUT2D eigenvalue weighted by atomic mass is 9.83. The maximum Gasteiger partial charge on any atom is 0.0594 e.